The summed E-state index contributed by atoms with van der Waals surface area (Å²) in [4.78, 5) is 58.0. The van der Waals surface area contributed by atoms with Gasteiger partial charge >= 0.3 is 19.5 Å². The number of carbonyl (C=O) groups is 3. The normalized spacial score (nSPS) is 20.8. The Morgan fingerprint density at radius 1 is 1.10 bits per heavy atom. The number of nitrogens with zero attached hydrogens (tertiary/aromatic N) is 5. The maximum absolute atomic E-state index is 13.9. The van der Waals surface area contributed by atoms with Crippen molar-refractivity contribution in [1.82, 2.24) is 25.0 Å². The zero-order valence-corrected chi connectivity index (χ0v) is 30.3. The average Bonchev–Trinajstić information content (AvgIpc) is 3.74. The van der Waals surface area contributed by atoms with E-state index in [1.807, 2.05) is 0 Å². The number of anilines is 3. The standard InChI is InChI=1S/C29H45N8O12P/c1-15(2)22(39)32-27-31-21-18(23(40)33-27)30-12-37(21)24-20(44-9)19(38)16(49-24)10-36-11-17(34-35-36)50(43,47-13-45-25(41)28(3,4)5)48-14-46-26(42)29(6,7)8/h11,15-16,19-20,24,30,38H,10,12-14H2,1-9H3,(H2,31,32,33,39,40). The average molecular weight is 729 g/mol. The number of nitrogens with one attached hydrogen (secondary N) is 3. The Bertz CT molecular complexity index is 1630. The van der Waals surface area contributed by atoms with Crippen molar-refractivity contribution in [2.75, 3.05) is 42.9 Å². The summed E-state index contributed by atoms with van der Waals surface area (Å²) < 4.78 is 47.8. The molecule has 2 aliphatic rings. The lowest BCUT2D eigenvalue weighted by Crippen LogP contribution is -2.45. The predicted molar refractivity (Wildman–Crippen MR) is 175 cm³/mol. The summed E-state index contributed by atoms with van der Waals surface area (Å²) in [5.74, 6) is -1.86. The van der Waals surface area contributed by atoms with E-state index in [0.29, 0.717) is 0 Å². The minimum absolute atomic E-state index is 0.0597. The van der Waals surface area contributed by atoms with Crippen LogP contribution in [0.15, 0.2) is 11.0 Å². The van der Waals surface area contributed by atoms with Gasteiger partial charge in [0.05, 0.1) is 30.2 Å². The van der Waals surface area contributed by atoms with Gasteiger partial charge in [-0.3, -0.25) is 43.1 Å². The smallest absolute Gasteiger partial charge is 0.388 e. The van der Waals surface area contributed by atoms with Crippen LogP contribution >= 0.6 is 7.60 Å². The van der Waals surface area contributed by atoms with E-state index in [-0.39, 0.29) is 47.9 Å². The van der Waals surface area contributed by atoms with E-state index >= 15 is 0 Å². The molecule has 2 aromatic heterocycles. The summed E-state index contributed by atoms with van der Waals surface area (Å²) in [6, 6.07) is 0. The summed E-state index contributed by atoms with van der Waals surface area (Å²) in [5.41, 5.74) is -2.43. The van der Waals surface area contributed by atoms with Gasteiger partial charge in [0.25, 0.3) is 5.56 Å². The van der Waals surface area contributed by atoms with Crippen molar-refractivity contribution >= 4 is 48.3 Å². The van der Waals surface area contributed by atoms with Crippen LogP contribution in [0.5, 0.6) is 0 Å². The second-order valence-corrected chi connectivity index (χ2v) is 15.9. The SMILES string of the molecule is COC1C(O)C(Cn2cc(P(=O)(OCOC(=O)C(C)(C)C)OCOC(=O)C(C)(C)C)nn2)OC1N1CNc2c1nc(NC(=O)C(C)C)[nH]c2=O. The molecule has 0 bridgehead atoms. The van der Waals surface area contributed by atoms with Gasteiger partial charge in [0.2, 0.25) is 25.4 Å². The zero-order chi connectivity index (χ0) is 37.2. The molecule has 50 heavy (non-hydrogen) atoms. The van der Waals surface area contributed by atoms with E-state index in [1.165, 1.54) is 18.0 Å². The van der Waals surface area contributed by atoms with Crippen LogP contribution < -0.4 is 26.5 Å². The Kier molecular flexibility index (Phi) is 11.8. The second kappa shape index (κ2) is 15.1. The molecule has 4 N–H and O–H groups in total. The number of hydrogen-bond donors (Lipinski definition) is 4. The van der Waals surface area contributed by atoms with E-state index in [4.69, 9.17) is 28.0 Å². The van der Waals surface area contributed by atoms with Crippen LogP contribution in [0.1, 0.15) is 55.4 Å². The Hall–Kier alpha value is -3.94. The molecule has 4 unspecified atom stereocenters. The monoisotopic (exact) mass is 728 g/mol. The number of aromatic amines is 1. The maximum atomic E-state index is 13.9. The van der Waals surface area contributed by atoms with Crippen molar-refractivity contribution in [1.29, 1.82) is 0 Å². The molecule has 278 valence electrons. The van der Waals surface area contributed by atoms with Crippen LogP contribution in [0.3, 0.4) is 0 Å². The Labute approximate surface area is 288 Å². The number of ether oxygens (including phenoxy) is 4. The molecule has 1 amide bonds. The molecular weight excluding hydrogens is 683 g/mol. The molecule has 4 atom stereocenters. The summed E-state index contributed by atoms with van der Waals surface area (Å²) >= 11 is 0. The van der Waals surface area contributed by atoms with Gasteiger partial charge in [0.1, 0.15) is 24.0 Å². The molecule has 20 nitrogen and oxygen atoms in total. The third kappa shape index (κ3) is 8.85. The number of amides is 1. The van der Waals surface area contributed by atoms with Crippen LogP contribution in [0.4, 0.5) is 17.5 Å². The number of fused-ring (bicyclic) bond motifs is 1. The molecule has 1 saturated heterocycles. The number of H-pyrrole nitrogens is 1. The summed E-state index contributed by atoms with van der Waals surface area (Å²) in [7, 11) is -3.02. The number of aromatic nitrogens is 5. The van der Waals surface area contributed by atoms with Gasteiger partial charge < -0.3 is 34.3 Å². The number of esters is 2. The van der Waals surface area contributed by atoms with Crippen molar-refractivity contribution in [3.8, 4) is 0 Å². The van der Waals surface area contributed by atoms with E-state index in [2.05, 4.69) is 30.9 Å². The topological polar surface area (TPSA) is 248 Å². The maximum Gasteiger partial charge on any atom is 0.388 e. The van der Waals surface area contributed by atoms with E-state index < -0.39 is 74.0 Å². The van der Waals surface area contributed by atoms with Gasteiger partial charge in [-0.1, -0.05) is 19.1 Å². The first-order valence-corrected chi connectivity index (χ1v) is 17.3. The number of carbonyl (C=O) groups excluding carboxylic acids is 3. The number of aliphatic hydroxyl groups excluding tert-OH is 1. The molecule has 21 heteroatoms. The van der Waals surface area contributed by atoms with Gasteiger partial charge in [-0.25, -0.2) is 4.68 Å². The largest absolute Gasteiger partial charge is 0.438 e. The molecule has 4 heterocycles. The van der Waals surface area contributed by atoms with Gasteiger partial charge in [0.15, 0.2) is 17.5 Å². The first-order valence-electron chi connectivity index (χ1n) is 15.7. The van der Waals surface area contributed by atoms with E-state index in [0.717, 1.165) is 0 Å². The molecule has 0 aromatic carbocycles. The summed E-state index contributed by atoms with van der Waals surface area (Å²) in [5, 5.41) is 24.6. The highest BCUT2D eigenvalue weighted by Crippen LogP contribution is 2.46. The summed E-state index contributed by atoms with van der Waals surface area (Å²) in [6.07, 6.45) is -2.85. The lowest BCUT2D eigenvalue weighted by molar-refractivity contribution is -0.161. The number of rotatable bonds is 13. The van der Waals surface area contributed by atoms with Crippen molar-refractivity contribution < 1.29 is 52.1 Å². The van der Waals surface area contributed by atoms with Crippen LogP contribution in [0.2, 0.25) is 0 Å². The first-order chi connectivity index (χ1) is 23.2. The third-order valence-electron chi connectivity index (χ3n) is 7.48. The zero-order valence-electron chi connectivity index (χ0n) is 29.4. The third-order valence-corrected chi connectivity index (χ3v) is 9.14. The summed E-state index contributed by atoms with van der Waals surface area (Å²) in [6.45, 7) is 11.6. The lowest BCUT2D eigenvalue weighted by atomic mass is 9.98. The van der Waals surface area contributed by atoms with Gasteiger partial charge in [0, 0.05) is 13.0 Å². The van der Waals surface area contributed by atoms with E-state index in [9.17, 15) is 28.8 Å². The predicted octanol–water partition coefficient (Wildman–Crippen LogP) is 0.892. The fourth-order valence-corrected chi connectivity index (χ4v) is 5.71. The van der Waals surface area contributed by atoms with E-state index in [1.54, 1.807) is 60.3 Å². The molecule has 2 aliphatic heterocycles. The van der Waals surface area contributed by atoms with Gasteiger partial charge in [-0.15, -0.1) is 5.10 Å². The van der Waals surface area contributed by atoms with Crippen LogP contribution in [0, 0.1) is 16.7 Å². The van der Waals surface area contributed by atoms with Crippen LogP contribution in [0.25, 0.3) is 0 Å². The molecule has 0 radical (unpaired) electrons. The lowest BCUT2D eigenvalue weighted by Gasteiger charge is -2.28. The minimum atomic E-state index is -4.40. The fourth-order valence-electron chi connectivity index (χ4n) is 4.56. The number of methoxy groups -OCH3 is 1. The van der Waals surface area contributed by atoms with Crippen molar-refractivity contribution in [2.24, 2.45) is 16.7 Å². The Morgan fingerprint density at radius 3 is 2.24 bits per heavy atom. The molecular formula is C29H45N8O12P. The van der Waals surface area contributed by atoms with Crippen molar-refractivity contribution in [3.05, 3.63) is 16.6 Å². The fraction of sp³-hybridized carbons (Fsp3) is 0.690. The molecule has 2 aromatic rings. The van der Waals surface area contributed by atoms with Crippen LogP contribution in [-0.4, -0.2) is 99.8 Å². The Balaban J connectivity index is 1.51. The first kappa shape index (κ1) is 38.9. The highest BCUT2D eigenvalue weighted by atomic mass is 31.2. The Morgan fingerprint density at radius 2 is 1.70 bits per heavy atom. The van der Waals surface area contributed by atoms with Crippen molar-refractivity contribution in [3.63, 3.8) is 0 Å². The van der Waals surface area contributed by atoms with Crippen molar-refractivity contribution in [2.45, 2.75) is 86.5 Å². The molecule has 0 aliphatic carbocycles. The molecule has 0 saturated carbocycles. The quantitative estimate of drug-likeness (QED) is 0.127. The van der Waals surface area contributed by atoms with Crippen LogP contribution in [-0.2, 0) is 53.5 Å². The second-order valence-electron chi connectivity index (χ2n) is 14.0. The molecule has 1 fully saturated rings. The highest BCUT2D eigenvalue weighted by Gasteiger charge is 2.49. The number of hydrogen-bond acceptors (Lipinski definition) is 17. The highest BCUT2D eigenvalue weighted by molar-refractivity contribution is 7.61. The van der Waals surface area contributed by atoms with Gasteiger partial charge in [-0.05, 0) is 41.5 Å². The minimum Gasteiger partial charge on any atom is -0.438 e. The molecule has 0 spiro atoms. The molecule has 4 rings (SSSR count). The van der Waals surface area contributed by atoms with Gasteiger partial charge in [-0.2, -0.15) is 4.98 Å². The number of aliphatic hydroxyl groups is 1.